The first-order valence-electron chi connectivity index (χ1n) is 40.3. The maximum absolute atomic E-state index is 4.61. The normalized spacial score (nSPS) is 11.1. The maximum Gasteiger partial charge on any atom is 0.163 e. The van der Waals surface area contributed by atoms with E-state index in [9.17, 15) is 0 Å². The lowest BCUT2D eigenvalue weighted by molar-refractivity contribution is 0.991. The molecule has 0 spiro atoms. The first-order chi connectivity index (χ1) is 57.7. The summed E-state index contributed by atoms with van der Waals surface area (Å²) in [6.07, 6.45) is 3.84. The Morgan fingerprint density at radius 2 is 0.525 bits per heavy atom. The monoisotopic (exact) mass is 1520 g/mol. The van der Waals surface area contributed by atoms with E-state index in [4.69, 9.17) is 0 Å². The van der Waals surface area contributed by atoms with Crippen molar-refractivity contribution < 1.29 is 0 Å². The Kier molecular flexibility index (Phi) is 21.7. The number of aryl methyl sites for hydroxylation is 9. The minimum Gasteiger partial charge on any atom is -0.309 e. The number of hydrogen-bond donors (Lipinski definition) is 0. The van der Waals surface area contributed by atoms with Crippen LogP contribution in [0.15, 0.2) is 382 Å². The molecule has 0 N–H and O–H groups in total. The molecule has 6 heterocycles. The Balaban J connectivity index is 0.000000110. The van der Waals surface area contributed by atoms with Crippen LogP contribution in [0.1, 0.15) is 50.3 Å². The van der Waals surface area contributed by atoms with Gasteiger partial charge in [0.25, 0.3) is 0 Å². The van der Waals surface area contributed by atoms with Gasteiger partial charge in [0.2, 0.25) is 0 Å². The van der Waals surface area contributed by atoms with E-state index in [1.807, 2.05) is 93.0 Å². The highest BCUT2D eigenvalue weighted by molar-refractivity contribution is 6.13. The lowest BCUT2D eigenvalue weighted by atomic mass is 9.99. The van der Waals surface area contributed by atoms with Crippen LogP contribution < -0.4 is 0 Å². The molecule has 0 aliphatic heterocycles. The molecule has 0 aliphatic carbocycles. The molecular weight excluding hydrogens is 1430 g/mol. The van der Waals surface area contributed by atoms with E-state index in [1.54, 1.807) is 0 Å². The van der Waals surface area contributed by atoms with Gasteiger partial charge in [0.05, 0.1) is 44.5 Å². The summed E-state index contributed by atoms with van der Waals surface area (Å²) < 4.78 is 7.13. The van der Waals surface area contributed by atoms with Crippen LogP contribution in [0.3, 0.4) is 0 Å². The molecule has 118 heavy (non-hydrogen) atoms. The molecular formula is C110H90N8. The molecule has 8 heteroatoms. The summed E-state index contributed by atoms with van der Waals surface area (Å²) in [4.78, 5) is 22.4. The summed E-state index contributed by atoms with van der Waals surface area (Å²) in [5, 5.41) is 10.3. The fourth-order valence-electron chi connectivity index (χ4n) is 15.8. The smallest absolute Gasteiger partial charge is 0.163 e. The van der Waals surface area contributed by atoms with Gasteiger partial charge in [0, 0.05) is 89.4 Å². The molecule has 21 rings (SSSR count). The average Bonchev–Trinajstić information content (AvgIpc) is 1.59. The Morgan fingerprint density at radius 3 is 0.958 bits per heavy atom. The van der Waals surface area contributed by atoms with E-state index in [0.717, 1.165) is 40.0 Å². The minimum atomic E-state index is 0.720. The number of pyridine rings is 2. The highest BCUT2D eigenvalue weighted by Crippen LogP contribution is 2.40. The highest BCUT2D eigenvalue weighted by Gasteiger charge is 2.19. The lowest BCUT2D eigenvalue weighted by Gasteiger charge is -2.12. The Hall–Kier alpha value is -14.7. The van der Waals surface area contributed by atoms with Gasteiger partial charge in [-0.15, -0.1) is 0 Å². The summed E-state index contributed by atoms with van der Waals surface area (Å²) >= 11 is 0. The predicted octanol–water partition coefficient (Wildman–Crippen LogP) is 28.6. The topological polar surface area (TPSA) is 79.2 Å². The van der Waals surface area contributed by atoms with Crippen molar-refractivity contribution in [2.75, 3.05) is 0 Å². The van der Waals surface area contributed by atoms with Crippen molar-refractivity contribution in [3.8, 4) is 84.6 Å². The van der Waals surface area contributed by atoms with Gasteiger partial charge in [0.15, 0.2) is 11.6 Å². The zero-order valence-corrected chi connectivity index (χ0v) is 68.0. The van der Waals surface area contributed by atoms with Gasteiger partial charge < -0.3 is 13.7 Å². The van der Waals surface area contributed by atoms with Crippen molar-refractivity contribution in [2.45, 2.75) is 62.3 Å². The second-order valence-electron chi connectivity index (χ2n) is 30.7. The van der Waals surface area contributed by atoms with Gasteiger partial charge in [-0.2, -0.15) is 0 Å². The summed E-state index contributed by atoms with van der Waals surface area (Å²) in [5.41, 5.74) is 32.4. The molecule has 0 saturated carbocycles. The number of benzene rings is 15. The van der Waals surface area contributed by atoms with E-state index in [2.05, 4.69) is 390 Å². The summed E-state index contributed by atoms with van der Waals surface area (Å²) in [6, 6.07) is 131. The van der Waals surface area contributed by atoms with E-state index in [0.29, 0.717) is 0 Å². The fourth-order valence-corrected chi connectivity index (χ4v) is 15.8. The quantitative estimate of drug-likeness (QED) is 0.144. The third-order valence-corrected chi connectivity index (χ3v) is 22.0. The van der Waals surface area contributed by atoms with Crippen molar-refractivity contribution >= 4 is 76.2 Å². The third-order valence-electron chi connectivity index (χ3n) is 22.0. The average molecular weight is 1520 g/mol. The number of para-hydroxylation sites is 3. The van der Waals surface area contributed by atoms with Crippen molar-refractivity contribution in [3.63, 3.8) is 0 Å². The lowest BCUT2D eigenvalue weighted by Crippen LogP contribution is -1.99. The summed E-state index contributed by atoms with van der Waals surface area (Å²) in [6.45, 7) is 18.8. The Bertz CT molecular complexity index is 6820. The SMILES string of the molecule is Cc1ccc(-c2ccc3c(c2)c2cc(-c4ccc(C)cc4)ccc2n3-c2ccccc2)cc1.Cc1ccc(-c2ccccc2)nc1.Cc1ccc(-c2nc(C)nc(-c3ccc(C)cc3)n2)cc1.Cc1ccc2c(c1)c1ccccc1n2-c1ccc(-n2c3ccccc3c3cc(C)ccc32)cc1.Cc1cnc(-c2ccccc2)c2ccccc12. The second kappa shape index (κ2) is 33.8. The number of rotatable bonds is 9. The van der Waals surface area contributed by atoms with Gasteiger partial charge in [0.1, 0.15) is 5.82 Å². The van der Waals surface area contributed by atoms with Crippen LogP contribution in [-0.4, -0.2) is 38.6 Å². The molecule has 0 amide bonds. The van der Waals surface area contributed by atoms with Crippen molar-refractivity contribution in [3.05, 3.63) is 433 Å². The molecule has 570 valence electrons. The molecule has 0 aliphatic rings. The first-order valence-corrected chi connectivity index (χ1v) is 40.3. The van der Waals surface area contributed by atoms with Crippen LogP contribution in [0.5, 0.6) is 0 Å². The highest BCUT2D eigenvalue weighted by atomic mass is 15.0. The molecule has 0 bridgehead atoms. The van der Waals surface area contributed by atoms with Gasteiger partial charge in [-0.25, -0.2) is 15.0 Å². The first kappa shape index (κ1) is 75.9. The molecule has 21 aromatic rings. The van der Waals surface area contributed by atoms with Crippen molar-refractivity contribution in [2.24, 2.45) is 0 Å². The molecule has 0 fully saturated rings. The molecule has 0 unspecified atom stereocenters. The minimum absolute atomic E-state index is 0.720. The van der Waals surface area contributed by atoms with Gasteiger partial charge >= 0.3 is 0 Å². The number of aromatic nitrogens is 8. The van der Waals surface area contributed by atoms with E-state index in [-0.39, 0.29) is 0 Å². The van der Waals surface area contributed by atoms with E-state index < -0.39 is 0 Å². The summed E-state index contributed by atoms with van der Waals surface area (Å²) in [5.74, 6) is 2.17. The largest absolute Gasteiger partial charge is 0.309 e. The van der Waals surface area contributed by atoms with E-state index >= 15 is 0 Å². The maximum atomic E-state index is 4.61. The molecule has 0 saturated heterocycles. The zero-order valence-electron chi connectivity index (χ0n) is 68.0. The summed E-state index contributed by atoms with van der Waals surface area (Å²) in [7, 11) is 0. The van der Waals surface area contributed by atoms with Crippen molar-refractivity contribution in [1.29, 1.82) is 0 Å². The van der Waals surface area contributed by atoms with Gasteiger partial charge in [-0.3, -0.25) is 9.97 Å². The number of fused-ring (bicyclic) bond motifs is 10. The van der Waals surface area contributed by atoms with Crippen LogP contribution in [0.4, 0.5) is 0 Å². The third kappa shape index (κ3) is 16.1. The molecule has 0 radical (unpaired) electrons. The Labute approximate surface area is 690 Å². The van der Waals surface area contributed by atoms with Gasteiger partial charge in [-0.05, 0) is 204 Å². The Morgan fingerprint density at radius 1 is 0.195 bits per heavy atom. The van der Waals surface area contributed by atoms with E-state index in [1.165, 1.54) is 171 Å². The van der Waals surface area contributed by atoms with Crippen LogP contribution in [0, 0.1) is 62.3 Å². The van der Waals surface area contributed by atoms with Gasteiger partial charge in [-0.1, -0.05) is 300 Å². The predicted molar refractivity (Wildman–Crippen MR) is 497 cm³/mol. The molecule has 6 aromatic heterocycles. The molecule has 0 atom stereocenters. The van der Waals surface area contributed by atoms with Crippen molar-refractivity contribution in [1.82, 2.24) is 38.6 Å². The standard InChI is InChI=1S/C32H24N2.C32H25N.C18H17N3.C16H13N.C12H11N/c1-21-11-17-31-27(19-21)25-7-3-5-9-29(25)33(31)23-13-15-24(16-14-23)34-30-10-6-4-8-26(30)28-20-22(2)12-18-32(28)34;1-22-8-12-24(13-9-22)26-16-18-31-29(20-26)30-21-27(25-14-10-23(2)11-15-25)17-19-32(30)33(31)28-6-4-3-5-7-28;1-12-4-8-15(9-5-12)17-19-14(3)20-18(21-17)16-10-6-13(2)7-11-16;1-12-11-17-16(13-7-3-2-4-8-13)15-10-6-5-9-14(12)15;1-10-7-8-12(13-9-10)11-5-3-2-4-6-11/h3-20H,1-2H3;3-21H,1-2H3;4-11H,1-3H3;2-11H,1H3;2-9H,1H3. The number of nitrogens with zero attached hydrogens (tertiary/aromatic N) is 8. The zero-order chi connectivity index (χ0) is 80.8. The van der Waals surface area contributed by atoms with Crippen LogP contribution >= 0.6 is 0 Å². The molecule has 8 nitrogen and oxygen atoms in total. The fraction of sp³-hybridized carbons (Fsp3) is 0.0818. The van der Waals surface area contributed by atoms with Crippen LogP contribution in [0.2, 0.25) is 0 Å². The molecule has 15 aromatic carbocycles. The van der Waals surface area contributed by atoms with Crippen LogP contribution in [-0.2, 0) is 0 Å². The second-order valence-corrected chi connectivity index (χ2v) is 30.7. The van der Waals surface area contributed by atoms with Crippen LogP contribution in [0.25, 0.3) is 161 Å². The number of hydrogen-bond acceptors (Lipinski definition) is 5.